The molecule has 0 fully saturated rings. The van der Waals surface area contributed by atoms with Crippen molar-refractivity contribution < 1.29 is 9.18 Å². The van der Waals surface area contributed by atoms with E-state index in [-0.39, 0.29) is 24.0 Å². The quantitative estimate of drug-likeness (QED) is 0.683. The lowest BCUT2D eigenvalue weighted by atomic mass is 10.0. The zero-order chi connectivity index (χ0) is 16.4. The van der Waals surface area contributed by atoms with E-state index in [1.54, 1.807) is 19.1 Å². The molecule has 0 aliphatic carbocycles. The second kappa shape index (κ2) is 7.41. The van der Waals surface area contributed by atoms with Gasteiger partial charge in [-0.2, -0.15) is 0 Å². The largest absolute Gasteiger partial charge is 0.380 e. The molecule has 3 nitrogen and oxygen atoms in total. The molecular weight excluding hydrogens is 327 g/mol. The fourth-order valence-corrected chi connectivity index (χ4v) is 2.74. The first kappa shape index (κ1) is 17.9. The number of carbonyl (C=O) groups excluding carboxylic acids is 1. The Balaban J connectivity index is 0.00000208. The van der Waals surface area contributed by atoms with Crippen LogP contribution >= 0.6 is 12.4 Å². The van der Waals surface area contributed by atoms with E-state index in [1.807, 2.05) is 31.2 Å². The molecule has 0 spiro atoms. The minimum Gasteiger partial charge on any atom is -0.380 e. The summed E-state index contributed by atoms with van der Waals surface area (Å²) in [5.74, 6) is -0.286. The fourth-order valence-electron chi connectivity index (χ4n) is 2.74. The predicted molar refractivity (Wildman–Crippen MR) is 97.5 cm³/mol. The predicted octanol–water partition coefficient (Wildman–Crippen LogP) is 4.92. The van der Waals surface area contributed by atoms with E-state index >= 15 is 0 Å². The number of anilines is 1. The number of nitrogens with one attached hydrogen (secondary N) is 1. The molecule has 0 saturated carbocycles. The molecule has 24 heavy (non-hydrogen) atoms. The molecular formula is C19H18ClFN2O. The van der Waals surface area contributed by atoms with Crippen LogP contribution in [0, 0.1) is 12.7 Å². The highest BCUT2D eigenvalue weighted by Crippen LogP contribution is 2.29. The first-order valence-corrected chi connectivity index (χ1v) is 7.45. The van der Waals surface area contributed by atoms with Gasteiger partial charge in [0.2, 0.25) is 0 Å². The molecule has 0 aliphatic heterocycles. The van der Waals surface area contributed by atoms with Gasteiger partial charge in [-0.05, 0) is 37.6 Å². The van der Waals surface area contributed by atoms with Gasteiger partial charge in [-0.25, -0.2) is 4.39 Å². The lowest BCUT2D eigenvalue weighted by Gasteiger charge is -2.15. The first-order valence-electron chi connectivity index (χ1n) is 7.45. The van der Waals surface area contributed by atoms with Gasteiger partial charge >= 0.3 is 0 Å². The average molecular weight is 345 g/mol. The van der Waals surface area contributed by atoms with Gasteiger partial charge in [0.15, 0.2) is 5.78 Å². The Hall–Kier alpha value is -2.46. The van der Waals surface area contributed by atoms with Crippen molar-refractivity contribution in [3.63, 3.8) is 0 Å². The number of fused-ring (bicyclic) bond motifs is 1. The number of hydrogen-bond acceptors (Lipinski definition) is 3. The SMILES string of the molecule is CC(=O)c1c(C)nc2ccccc2c1NCc1ccc(F)cc1.Cl. The summed E-state index contributed by atoms with van der Waals surface area (Å²) in [5, 5.41) is 4.24. The van der Waals surface area contributed by atoms with Gasteiger partial charge in [0.25, 0.3) is 0 Å². The van der Waals surface area contributed by atoms with Crippen molar-refractivity contribution in [2.75, 3.05) is 5.32 Å². The van der Waals surface area contributed by atoms with E-state index in [0.717, 1.165) is 22.2 Å². The zero-order valence-electron chi connectivity index (χ0n) is 13.5. The number of ketones is 1. The summed E-state index contributed by atoms with van der Waals surface area (Å²) in [5.41, 5.74) is 3.88. The van der Waals surface area contributed by atoms with Crippen molar-refractivity contribution in [2.45, 2.75) is 20.4 Å². The van der Waals surface area contributed by atoms with Crippen molar-refractivity contribution >= 4 is 34.8 Å². The monoisotopic (exact) mass is 344 g/mol. The van der Waals surface area contributed by atoms with Crippen molar-refractivity contribution in [1.29, 1.82) is 0 Å². The summed E-state index contributed by atoms with van der Waals surface area (Å²) in [4.78, 5) is 16.6. The third-order valence-electron chi connectivity index (χ3n) is 3.81. The van der Waals surface area contributed by atoms with Crippen molar-refractivity contribution in [3.05, 3.63) is 71.2 Å². The van der Waals surface area contributed by atoms with E-state index in [2.05, 4.69) is 10.3 Å². The number of para-hydroxylation sites is 1. The summed E-state index contributed by atoms with van der Waals surface area (Å²) in [7, 11) is 0. The molecule has 0 atom stereocenters. The normalized spacial score (nSPS) is 10.3. The Kier molecular flexibility index (Phi) is 5.52. The molecule has 0 aliphatic rings. The lowest BCUT2D eigenvalue weighted by molar-refractivity contribution is 0.101. The number of aromatic nitrogens is 1. The molecule has 3 aromatic rings. The standard InChI is InChI=1S/C19H17FN2O.ClH/c1-12-18(13(2)23)19(16-5-3-4-6-17(16)22-12)21-11-14-7-9-15(20)10-8-14;/h3-10H,11H2,1-2H3,(H,21,22);1H. The van der Waals surface area contributed by atoms with Crippen LogP contribution in [-0.2, 0) is 6.54 Å². The van der Waals surface area contributed by atoms with E-state index in [0.29, 0.717) is 17.8 Å². The minimum absolute atomic E-state index is 0. The number of rotatable bonds is 4. The summed E-state index contributed by atoms with van der Waals surface area (Å²) in [6, 6.07) is 14.0. The molecule has 0 saturated heterocycles. The van der Waals surface area contributed by atoms with Gasteiger partial charge in [0, 0.05) is 11.9 Å². The van der Waals surface area contributed by atoms with Crippen molar-refractivity contribution in [1.82, 2.24) is 4.98 Å². The molecule has 0 unspecified atom stereocenters. The number of hydrogen-bond donors (Lipinski definition) is 1. The summed E-state index contributed by atoms with van der Waals surface area (Å²) in [6.07, 6.45) is 0. The number of benzene rings is 2. The minimum atomic E-state index is -0.261. The Morgan fingerprint density at radius 2 is 1.79 bits per heavy atom. The molecule has 5 heteroatoms. The van der Waals surface area contributed by atoms with Crippen LogP contribution in [0.4, 0.5) is 10.1 Å². The van der Waals surface area contributed by atoms with Gasteiger partial charge in [0.05, 0.1) is 22.5 Å². The number of carbonyl (C=O) groups is 1. The number of halogens is 2. The van der Waals surface area contributed by atoms with Crippen LogP contribution in [0.25, 0.3) is 10.9 Å². The zero-order valence-corrected chi connectivity index (χ0v) is 14.3. The third-order valence-corrected chi connectivity index (χ3v) is 3.81. The van der Waals surface area contributed by atoms with Gasteiger partial charge in [-0.15, -0.1) is 12.4 Å². The van der Waals surface area contributed by atoms with Crippen LogP contribution in [0.15, 0.2) is 48.5 Å². The van der Waals surface area contributed by atoms with Crippen LogP contribution in [0.2, 0.25) is 0 Å². The van der Waals surface area contributed by atoms with Gasteiger partial charge < -0.3 is 5.32 Å². The Morgan fingerprint density at radius 3 is 2.46 bits per heavy atom. The molecule has 0 amide bonds. The van der Waals surface area contributed by atoms with Crippen LogP contribution in [0.1, 0.15) is 28.5 Å². The number of pyridine rings is 1. The Bertz CT molecular complexity index is 878. The molecule has 1 heterocycles. The van der Waals surface area contributed by atoms with E-state index in [9.17, 15) is 9.18 Å². The van der Waals surface area contributed by atoms with E-state index < -0.39 is 0 Å². The Morgan fingerprint density at radius 1 is 1.12 bits per heavy atom. The molecule has 0 bridgehead atoms. The molecule has 0 radical (unpaired) electrons. The highest BCUT2D eigenvalue weighted by Gasteiger charge is 2.15. The smallest absolute Gasteiger partial charge is 0.163 e. The van der Waals surface area contributed by atoms with Crippen molar-refractivity contribution in [3.8, 4) is 0 Å². The summed E-state index contributed by atoms with van der Waals surface area (Å²) >= 11 is 0. The molecule has 2 aromatic carbocycles. The van der Waals surface area contributed by atoms with Gasteiger partial charge in [0.1, 0.15) is 5.82 Å². The van der Waals surface area contributed by atoms with Gasteiger partial charge in [-0.1, -0.05) is 30.3 Å². The molecule has 3 rings (SSSR count). The van der Waals surface area contributed by atoms with E-state index in [1.165, 1.54) is 12.1 Å². The Labute approximate surface area is 146 Å². The first-order chi connectivity index (χ1) is 11.1. The van der Waals surface area contributed by atoms with Crippen LogP contribution in [0.3, 0.4) is 0 Å². The summed E-state index contributed by atoms with van der Waals surface area (Å²) < 4.78 is 13.0. The molecule has 124 valence electrons. The highest BCUT2D eigenvalue weighted by molar-refractivity contribution is 6.08. The van der Waals surface area contributed by atoms with Crippen molar-refractivity contribution in [2.24, 2.45) is 0 Å². The topological polar surface area (TPSA) is 42.0 Å². The van der Waals surface area contributed by atoms with Crippen LogP contribution in [0.5, 0.6) is 0 Å². The second-order valence-corrected chi connectivity index (χ2v) is 5.50. The van der Waals surface area contributed by atoms with Crippen LogP contribution < -0.4 is 5.32 Å². The summed E-state index contributed by atoms with van der Waals surface area (Å²) in [6.45, 7) is 3.89. The number of aryl methyl sites for hydroxylation is 1. The molecule has 1 aromatic heterocycles. The number of nitrogens with zero attached hydrogens (tertiary/aromatic N) is 1. The average Bonchev–Trinajstić information content (AvgIpc) is 2.53. The highest BCUT2D eigenvalue weighted by atomic mass is 35.5. The fraction of sp³-hybridized carbons (Fsp3) is 0.158. The second-order valence-electron chi connectivity index (χ2n) is 5.50. The van der Waals surface area contributed by atoms with E-state index in [4.69, 9.17) is 0 Å². The third kappa shape index (κ3) is 3.54. The molecule has 1 N–H and O–H groups in total. The van der Waals surface area contributed by atoms with Gasteiger partial charge in [-0.3, -0.25) is 9.78 Å². The number of Topliss-reactive ketones (excluding diaryl/α,β-unsaturated/α-hetero) is 1. The van der Waals surface area contributed by atoms with Crippen LogP contribution in [-0.4, -0.2) is 10.8 Å². The lowest BCUT2D eigenvalue weighted by Crippen LogP contribution is -2.09. The maximum absolute atomic E-state index is 13.0. The maximum atomic E-state index is 13.0. The maximum Gasteiger partial charge on any atom is 0.163 e.